The molecule has 0 saturated heterocycles. The molecule has 3 N–H and O–H groups in total. The molecule has 0 atom stereocenters. The third-order valence-corrected chi connectivity index (χ3v) is 8.03. The van der Waals surface area contributed by atoms with E-state index in [1.54, 1.807) is 48.5 Å². The highest BCUT2D eigenvalue weighted by Gasteiger charge is 2.37. The van der Waals surface area contributed by atoms with Gasteiger partial charge in [0.25, 0.3) is 16.8 Å². The van der Waals surface area contributed by atoms with Crippen LogP contribution in [0.1, 0.15) is 33.7 Å². The molecule has 3 aromatic carbocycles. The summed E-state index contributed by atoms with van der Waals surface area (Å²) in [6.07, 6.45) is 0. The number of hydrogen-bond acceptors (Lipinski definition) is 7. The molecule has 0 aliphatic carbocycles. The number of nitro benzene ring substituents is 1. The van der Waals surface area contributed by atoms with E-state index in [0.29, 0.717) is 26.7 Å². The molecule has 216 valence electrons. The Bertz CT molecular complexity index is 2040. The van der Waals surface area contributed by atoms with Gasteiger partial charge in [-0.25, -0.2) is 9.59 Å². The average Bonchev–Trinajstić information content (AvgIpc) is 2.98. The molecular formula is C29H20Cl2N6O6. The van der Waals surface area contributed by atoms with Gasteiger partial charge in [-0.15, -0.1) is 0 Å². The maximum Gasteiger partial charge on any atom is 0.330 e. The van der Waals surface area contributed by atoms with Gasteiger partial charge in [0, 0.05) is 22.2 Å². The van der Waals surface area contributed by atoms with E-state index < -0.39 is 33.3 Å². The van der Waals surface area contributed by atoms with Crippen LogP contribution in [-0.2, 0) is 13.1 Å². The minimum atomic E-state index is -1.13. The van der Waals surface area contributed by atoms with E-state index in [4.69, 9.17) is 23.2 Å². The number of rotatable bonds is 6. The summed E-state index contributed by atoms with van der Waals surface area (Å²) in [6, 6.07) is 19.0. The van der Waals surface area contributed by atoms with Gasteiger partial charge < -0.3 is 5.32 Å². The van der Waals surface area contributed by atoms with Crippen molar-refractivity contribution in [3.05, 3.63) is 162 Å². The molecule has 0 amide bonds. The highest BCUT2D eigenvalue weighted by atomic mass is 35.5. The minimum absolute atomic E-state index is 0.00134. The topological polar surface area (TPSA) is 165 Å². The van der Waals surface area contributed by atoms with E-state index >= 15 is 0 Å². The molecule has 0 bridgehead atoms. The van der Waals surface area contributed by atoms with Crippen LogP contribution in [0.5, 0.6) is 0 Å². The molecule has 43 heavy (non-hydrogen) atoms. The van der Waals surface area contributed by atoms with Crippen molar-refractivity contribution in [1.82, 2.24) is 19.1 Å². The van der Waals surface area contributed by atoms with Crippen LogP contribution >= 0.6 is 23.2 Å². The first-order chi connectivity index (χ1) is 20.6. The van der Waals surface area contributed by atoms with E-state index in [1.165, 1.54) is 33.4 Å². The first kappa shape index (κ1) is 27.9. The molecular weight excluding hydrogens is 599 g/mol. The second kappa shape index (κ2) is 10.9. The van der Waals surface area contributed by atoms with Crippen LogP contribution < -0.4 is 27.8 Å². The van der Waals surface area contributed by atoms with E-state index in [0.717, 1.165) is 0 Å². The van der Waals surface area contributed by atoms with Crippen molar-refractivity contribution < 1.29 is 4.92 Å². The van der Waals surface area contributed by atoms with Gasteiger partial charge in [-0.2, -0.15) is 0 Å². The number of benzene rings is 3. The summed E-state index contributed by atoms with van der Waals surface area (Å²) in [5.41, 5.74) is -1.79. The second-order valence-electron chi connectivity index (χ2n) is 9.80. The number of aromatic nitrogens is 4. The molecule has 14 heteroatoms. The van der Waals surface area contributed by atoms with Crippen molar-refractivity contribution in [3.63, 3.8) is 0 Å². The van der Waals surface area contributed by atoms with Crippen LogP contribution in [0.4, 0.5) is 17.3 Å². The van der Waals surface area contributed by atoms with Crippen LogP contribution in [-0.4, -0.2) is 24.0 Å². The highest BCUT2D eigenvalue weighted by Crippen LogP contribution is 2.41. The summed E-state index contributed by atoms with van der Waals surface area (Å²) < 4.78 is 2.51. The standard InChI is InChI=1S/C29H20Cl2N6O6/c30-19-7-3-1-5-16(19)13-35-24-22(26(38)33-28(35)40)21(15-9-11-18(12-10-15)37(42)43)23-25(32-24)36(29(41)34-27(23)39)14-17-6-2-4-8-20(17)31/h1-12,21,32H,13-14H2,(H,33,38,40)(H,34,39,41). The van der Waals surface area contributed by atoms with Crippen LogP contribution in [0.15, 0.2) is 92.0 Å². The number of non-ortho nitro benzene ring substituents is 1. The van der Waals surface area contributed by atoms with Gasteiger partial charge in [-0.1, -0.05) is 71.7 Å². The Morgan fingerprint density at radius 2 is 1.14 bits per heavy atom. The number of nitrogens with one attached hydrogen (secondary N) is 3. The molecule has 6 rings (SSSR count). The van der Waals surface area contributed by atoms with Gasteiger partial charge in [0.1, 0.15) is 11.6 Å². The van der Waals surface area contributed by atoms with Crippen molar-refractivity contribution in [1.29, 1.82) is 0 Å². The lowest BCUT2D eigenvalue weighted by Crippen LogP contribution is -2.43. The lowest BCUT2D eigenvalue weighted by atomic mass is 9.84. The maximum atomic E-state index is 13.5. The average molecular weight is 619 g/mol. The van der Waals surface area contributed by atoms with Crippen molar-refractivity contribution in [2.45, 2.75) is 19.0 Å². The lowest BCUT2D eigenvalue weighted by molar-refractivity contribution is -0.384. The first-order valence-corrected chi connectivity index (χ1v) is 13.6. The Balaban J connectivity index is 1.66. The maximum absolute atomic E-state index is 13.5. The summed E-state index contributed by atoms with van der Waals surface area (Å²) in [6.45, 7) is -0.129. The van der Waals surface area contributed by atoms with Crippen LogP contribution in [0, 0.1) is 10.1 Å². The molecule has 3 heterocycles. The van der Waals surface area contributed by atoms with Gasteiger partial charge in [0.15, 0.2) is 0 Å². The molecule has 0 radical (unpaired) electrons. The Hall–Kier alpha value is -5.20. The zero-order chi connectivity index (χ0) is 30.4. The minimum Gasteiger partial charge on any atom is -0.327 e. The summed E-state index contributed by atoms with van der Waals surface area (Å²) in [4.78, 5) is 68.9. The zero-order valence-electron chi connectivity index (χ0n) is 22.0. The number of aromatic amines is 2. The monoisotopic (exact) mass is 618 g/mol. The van der Waals surface area contributed by atoms with E-state index in [1.807, 2.05) is 0 Å². The summed E-state index contributed by atoms with van der Waals surface area (Å²) in [7, 11) is 0. The first-order valence-electron chi connectivity index (χ1n) is 12.9. The third kappa shape index (κ3) is 4.96. The van der Waals surface area contributed by atoms with Gasteiger partial charge in [-0.05, 0) is 28.8 Å². The number of fused-ring (bicyclic) bond motifs is 2. The predicted octanol–water partition coefficient (Wildman–Crippen LogP) is 3.94. The Morgan fingerprint density at radius 1 is 0.698 bits per heavy atom. The molecule has 1 aliphatic heterocycles. The molecule has 0 unspecified atom stereocenters. The molecule has 5 aromatic rings. The Labute approximate surface area is 251 Å². The van der Waals surface area contributed by atoms with Gasteiger partial charge >= 0.3 is 11.4 Å². The number of hydrogen-bond donors (Lipinski definition) is 3. The smallest absolute Gasteiger partial charge is 0.327 e. The van der Waals surface area contributed by atoms with E-state index in [-0.39, 0.29) is 41.5 Å². The fourth-order valence-corrected chi connectivity index (χ4v) is 5.64. The summed E-state index contributed by atoms with van der Waals surface area (Å²) in [5, 5.41) is 15.1. The SMILES string of the molecule is O=c1[nH]c(=O)n(Cc2ccccc2Cl)c2c1C(c1ccc([N+](=O)[O-])cc1)c1c(n(Cc3ccccc3Cl)c(=O)[nH]c1=O)N2. The molecule has 2 aromatic heterocycles. The quantitative estimate of drug-likeness (QED) is 0.188. The van der Waals surface area contributed by atoms with Crippen molar-refractivity contribution >= 4 is 40.5 Å². The lowest BCUT2D eigenvalue weighted by Gasteiger charge is -2.31. The fourth-order valence-electron chi connectivity index (χ4n) is 5.25. The largest absolute Gasteiger partial charge is 0.330 e. The van der Waals surface area contributed by atoms with Crippen molar-refractivity contribution in [3.8, 4) is 0 Å². The number of H-pyrrole nitrogens is 2. The zero-order valence-corrected chi connectivity index (χ0v) is 23.5. The van der Waals surface area contributed by atoms with Crippen LogP contribution in [0.2, 0.25) is 10.0 Å². The van der Waals surface area contributed by atoms with Crippen LogP contribution in [0.25, 0.3) is 0 Å². The van der Waals surface area contributed by atoms with Gasteiger partial charge in [0.05, 0.1) is 35.1 Å². The van der Waals surface area contributed by atoms with Crippen molar-refractivity contribution in [2.24, 2.45) is 0 Å². The summed E-state index contributed by atoms with van der Waals surface area (Å²) >= 11 is 12.8. The van der Waals surface area contributed by atoms with Gasteiger partial charge in [0.2, 0.25) is 0 Å². The van der Waals surface area contributed by atoms with E-state index in [9.17, 15) is 29.3 Å². The van der Waals surface area contributed by atoms with Crippen LogP contribution in [0.3, 0.4) is 0 Å². The molecule has 12 nitrogen and oxygen atoms in total. The predicted molar refractivity (Wildman–Crippen MR) is 161 cm³/mol. The number of halogens is 2. The normalized spacial score (nSPS) is 12.3. The Kier molecular flexibility index (Phi) is 7.08. The summed E-state index contributed by atoms with van der Waals surface area (Å²) in [5.74, 6) is -1.07. The molecule has 0 fully saturated rings. The number of nitro groups is 1. The third-order valence-electron chi connectivity index (χ3n) is 7.29. The van der Waals surface area contributed by atoms with Crippen molar-refractivity contribution in [2.75, 3.05) is 5.32 Å². The number of anilines is 2. The van der Waals surface area contributed by atoms with E-state index in [2.05, 4.69) is 15.3 Å². The molecule has 0 saturated carbocycles. The molecule has 0 spiro atoms. The number of nitrogens with zero attached hydrogens (tertiary/aromatic N) is 3. The highest BCUT2D eigenvalue weighted by molar-refractivity contribution is 6.31. The molecule has 1 aliphatic rings. The fraction of sp³-hybridized carbons (Fsp3) is 0.103. The Morgan fingerprint density at radius 3 is 1.56 bits per heavy atom. The second-order valence-corrected chi connectivity index (χ2v) is 10.6. The van der Waals surface area contributed by atoms with Gasteiger partial charge in [-0.3, -0.25) is 38.8 Å².